The van der Waals surface area contributed by atoms with Crippen molar-refractivity contribution in [1.29, 1.82) is 0 Å². The van der Waals surface area contributed by atoms with Crippen molar-refractivity contribution < 1.29 is 23.4 Å². The Hall–Kier alpha value is -2.13. The van der Waals surface area contributed by atoms with E-state index in [0.29, 0.717) is 31.5 Å². The van der Waals surface area contributed by atoms with E-state index in [9.17, 15) is 13.9 Å². The van der Waals surface area contributed by atoms with Crippen LogP contribution < -0.4 is 10.1 Å². The van der Waals surface area contributed by atoms with Crippen molar-refractivity contribution in [2.75, 3.05) is 18.5 Å². The summed E-state index contributed by atoms with van der Waals surface area (Å²) < 4.78 is 38.9. The van der Waals surface area contributed by atoms with E-state index in [1.54, 1.807) is 6.20 Å². The van der Waals surface area contributed by atoms with Crippen LogP contribution in [0.1, 0.15) is 69.3 Å². The van der Waals surface area contributed by atoms with E-state index in [1.165, 1.54) is 0 Å². The molecule has 1 aliphatic heterocycles. The monoisotopic (exact) mass is 448 g/mol. The molecule has 7 nitrogen and oxygen atoms in total. The van der Waals surface area contributed by atoms with Gasteiger partial charge in [-0.3, -0.25) is 0 Å². The maximum absolute atomic E-state index is 13.6. The third-order valence-corrected chi connectivity index (χ3v) is 6.93. The maximum atomic E-state index is 13.6. The molecule has 2 aromatic rings. The summed E-state index contributed by atoms with van der Waals surface area (Å²) in [7, 11) is 0. The van der Waals surface area contributed by atoms with Gasteiger partial charge in [0.05, 0.1) is 30.2 Å². The predicted octanol–water partition coefficient (Wildman–Crippen LogP) is 4.20. The molecule has 1 atom stereocenters. The fraction of sp³-hybridized carbons (Fsp3) is 0.696. The lowest BCUT2D eigenvalue weighted by molar-refractivity contribution is 0.00850. The van der Waals surface area contributed by atoms with Gasteiger partial charge >= 0.3 is 0 Å². The topological polar surface area (TPSA) is 89.4 Å². The van der Waals surface area contributed by atoms with E-state index in [-0.39, 0.29) is 37.0 Å². The first kappa shape index (κ1) is 21.7. The summed E-state index contributed by atoms with van der Waals surface area (Å²) in [5.74, 6) is -1.52. The van der Waals surface area contributed by atoms with E-state index < -0.39 is 5.92 Å². The highest BCUT2D eigenvalue weighted by Gasteiger charge is 2.39. The molecule has 32 heavy (non-hydrogen) atoms. The van der Waals surface area contributed by atoms with Crippen molar-refractivity contribution in [3.8, 4) is 5.88 Å². The predicted molar refractivity (Wildman–Crippen MR) is 115 cm³/mol. The first-order valence-electron chi connectivity index (χ1n) is 11.7. The van der Waals surface area contributed by atoms with Crippen molar-refractivity contribution in [2.24, 2.45) is 0 Å². The van der Waals surface area contributed by atoms with Crippen molar-refractivity contribution in [2.45, 2.75) is 87.9 Å². The average molecular weight is 449 g/mol. The number of aromatic nitrogens is 3. The van der Waals surface area contributed by atoms with Gasteiger partial charge in [-0.05, 0) is 38.0 Å². The molecule has 2 N–H and O–H groups in total. The molecular formula is C23H30F2N4O3. The van der Waals surface area contributed by atoms with Crippen molar-refractivity contribution in [1.82, 2.24) is 15.0 Å². The summed E-state index contributed by atoms with van der Waals surface area (Å²) >= 11 is 0. The van der Waals surface area contributed by atoms with Gasteiger partial charge in [-0.2, -0.15) is 0 Å². The van der Waals surface area contributed by atoms with E-state index in [0.717, 1.165) is 55.0 Å². The number of pyridine rings is 1. The molecule has 0 unspecified atom stereocenters. The smallest absolute Gasteiger partial charge is 0.250 e. The summed E-state index contributed by atoms with van der Waals surface area (Å²) in [5, 5.41) is 13.8. The number of hydrogen-bond acceptors (Lipinski definition) is 7. The van der Waals surface area contributed by atoms with Gasteiger partial charge in [-0.25, -0.2) is 23.7 Å². The second kappa shape index (κ2) is 9.02. The molecule has 0 radical (unpaired) electrons. The number of nitrogens with one attached hydrogen (secondary N) is 1. The molecule has 9 heteroatoms. The lowest BCUT2D eigenvalue weighted by Crippen LogP contribution is -2.26. The van der Waals surface area contributed by atoms with Gasteiger partial charge in [0.1, 0.15) is 6.10 Å². The zero-order valence-electron chi connectivity index (χ0n) is 18.1. The fourth-order valence-corrected chi connectivity index (χ4v) is 5.07. The summed E-state index contributed by atoms with van der Waals surface area (Å²) in [6.07, 6.45) is 8.24. The Labute approximate surface area is 185 Å². The van der Waals surface area contributed by atoms with Crippen LogP contribution >= 0.6 is 0 Å². The summed E-state index contributed by atoms with van der Waals surface area (Å²) in [4.78, 5) is 13.8. The highest BCUT2D eigenvalue weighted by molar-refractivity contribution is 5.86. The molecule has 174 valence electrons. The Morgan fingerprint density at radius 2 is 1.81 bits per heavy atom. The van der Waals surface area contributed by atoms with E-state index in [1.807, 2.05) is 6.20 Å². The number of ether oxygens (including phenoxy) is 2. The van der Waals surface area contributed by atoms with Gasteiger partial charge in [-0.15, -0.1) is 0 Å². The molecule has 3 aliphatic rings. The Kier molecular flexibility index (Phi) is 6.11. The third-order valence-electron chi connectivity index (χ3n) is 6.93. The van der Waals surface area contributed by atoms with Gasteiger partial charge in [-0.1, -0.05) is 0 Å². The molecule has 2 aliphatic carbocycles. The van der Waals surface area contributed by atoms with Crippen LogP contribution in [0, 0.1) is 0 Å². The van der Waals surface area contributed by atoms with Crippen LogP contribution in [-0.4, -0.2) is 57.4 Å². The van der Waals surface area contributed by atoms with Crippen molar-refractivity contribution >= 4 is 16.9 Å². The molecule has 3 fully saturated rings. The van der Waals surface area contributed by atoms with E-state index in [4.69, 9.17) is 14.5 Å². The molecule has 3 heterocycles. The number of alkyl halides is 2. The average Bonchev–Trinajstić information content (AvgIpc) is 3.13. The largest absolute Gasteiger partial charge is 0.474 e. The number of aliphatic hydroxyl groups excluding tert-OH is 1. The van der Waals surface area contributed by atoms with Gasteiger partial charge in [0, 0.05) is 49.7 Å². The molecule has 2 saturated carbocycles. The van der Waals surface area contributed by atoms with Crippen LogP contribution in [0.4, 0.5) is 14.7 Å². The minimum absolute atomic E-state index is 0.0358. The standard InChI is InChI=1S/C23H30F2N4O3/c24-23(25)8-5-15(11-23)28-22-27-13-19-20(29-22)18(14-1-3-16(30)4-2-14)12-26-21(19)32-17-6-9-31-10-7-17/h12-17,30H,1-11H2,(H,27,28,29)/t14?,15-,16?/m0/s1. The van der Waals surface area contributed by atoms with Gasteiger partial charge in [0.25, 0.3) is 0 Å². The van der Waals surface area contributed by atoms with Gasteiger partial charge in [0.15, 0.2) is 0 Å². The summed E-state index contributed by atoms with van der Waals surface area (Å²) in [6, 6.07) is -0.337. The summed E-state index contributed by atoms with van der Waals surface area (Å²) in [5.41, 5.74) is 1.76. The van der Waals surface area contributed by atoms with Gasteiger partial charge < -0.3 is 19.9 Å². The number of halogens is 2. The molecule has 0 amide bonds. The van der Waals surface area contributed by atoms with E-state index >= 15 is 0 Å². The molecule has 0 aromatic carbocycles. The Balaban J connectivity index is 1.46. The second-order valence-electron chi connectivity index (χ2n) is 9.35. The lowest BCUT2D eigenvalue weighted by Gasteiger charge is -2.27. The quantitative estimate of drug-likeness (QED) is 0.709. The third kappa shape index (κ3) is 4.78. The Morgan fingerprint density at radius 1 is 1.03 bits per heavy atom. The zero-order chi connectivity index (χ0) is 22.1. The molecule has 0 bridgehead atoms. The summed E-state index contributed by atoms with van der Waals surface area (Å²) in [6.45, 7) is 1.34. The highest BCUT2D eigenvalue weighted by Crippen LogP contribution is 2.39. The van der Waals surface area contributed by atoms with Crippen LogP contribution in [0.2, 0.25) is 0 Å². The van der Waals surface area contributed by atoms with Gasteiger partial charge in [0.2, 0.25) is 17.8 Å². The molecule has 2 aromatic heterocycles. The Bertz CT molecular complexity index is 946. The fourth-order valence-electron chi connectivity index (χ4n) is 5.07. The second-order valence-corrected chi connectivity index (χ2v) is 9.35. The molecule has 1 saturated heterocycles. The Morgan fingerprint density at radius 3 is 2.53 bits per heavy atom. The van der Waals surface area contributed by atoms with Crippen LogP contribution in [0.15, 0.2) is 12.4 Å². The lowest BCUT2D eigenvalue weighted by atomic mass is 9.83. The number of aliphatic hydroxyl groups is 1. The molecule has 5 rings (SSSR count). The molecule has 0 spiro atoms. The van der Waals surface area contributed by atoms with E-state index in [2.05, 4.69) is 15.3 Å². The number of anilines is 1. The maximum Gasteiger partial charge on any atom is 0.250 e. The highest BCUT2D eigenvalue weighted by atomic mass is 19.3. The minimum atomic E-state index is -2.63. The van der Waals surface area contributed by atoms with Crippen molar-refractivity contribution in [3.05, 3.63) is 18.0 Å². The normalized spacial score (nSPS) is 28.7. The number of hydrogen-bond donors (Lipinski definition) is 2. The van der Waals surface area contributed by atoms with Crippen LogP contribution in [-0.2, 0) is 4.74 Å². The minimum Gasteiger partial charge on any atom is -0.474 e. The number of nitrogens with zero attached hydrogens (tertiary/aromatic N) is 3. The number of rotatable bonds is 5. The van der Waals surface area contributed by atoms with Crippen molar-refractivity contribution in [3.63, 3.8) is 0 Å². The first-order chi connectivity index (χ1) is 15.5. The van der Waals surface area contributed by atoms with Crippen LogP contribution in [0.25, 0.3) is 10.9 Å². The molecular weight excluding hydrogens is 418 g/mol. The first-order valence-corrected chi connectivity index (χ1v) is 11.7. The van der Waals surface area contributed by atoms with Crippen LogP contribution in [0.3, 0.4) is 0 Å². The van der Waals surface area contributed by atoms with Crippen LogP contribution in [0.5, 0.6) is 5.88 Å². The SMILES string of the molecule is OC1CCC(c2cnc(OC3CCOCC3)c3cnc(N[C@H]4CCC(F)(F)C4)nc23)CC1. The zero-order valence-corrected chi connectivity index (χ0v) is 18.1. The number of fused-ring (bicyclic) bond motifs is 1.